The molecule has 0 aliphatic heterocycles. The summed E-state index contributed by atoms with van der Waals surface area (Å²) in [7, 11) is 1.89. The number of hydrogen-bond donors (Lipinski definition) is 1. The standard InChI is InChI=1S/C16H19F2NS/c1-19-14(4-2-5-15-6-3-9-20-15)10-12-7-8-13(17)11-16(12)18/h3,6-9,11,14,19H,2,4-5,10H2,1H3. The van der Waals surface area contributed by atoms with E-state index in [9.17, 15) is 8.78 Å². The summed E-state index contributed by atoms with van der Waals surface area (Å²) in [6.07, 6.45) is 3.69. The monoisotopic (exact) mass is 295 g/mol. The highest BCUT2D eigenvalue weighted by Crippen LogP contribution is 2.16. The zero-order valence-electron chi connectivity index (χ0n) is 11.5. The molecule has 0 aliphatic carbocycles. The molecule has 1 unspecified atom stereocenters. The van der Waals surface area contributed by atoms with Gasteiger partial charge in [-0.1, -0.05) is 12.1 Å². The molecule has 0 aliphatic rings. The van der Waals surface area contributed by atoms with Crippen LogP contribution in [0.15, 0.2) is 35.7 Å². The van der Waals surface area contributed by atoms with Crippen LogP contribution >= 0.6 is 11.3 Å². The first-order chi connectivity index (χ1) is 9.69. The van der Waals surface area contributed by atoms with Crippen molar-refractivity contribution in [3.05, 3.63) is 57.8 Å². The zero-order chi connectivity index (χ0) is 14.4. The van der Waals surface area contributed by atoms with E-state index in [0.717, 1.165) is 25.3 Å². The second kappa shape index (κ2) is 7.50. The molecule has 20 heavy (non-hydrogen) atoms. The van der Waals surface area contributed by atoms with E-state index in [2.05, 4.69) is 22.8 Å². The highest BCUT2D eigenvalue weighted by molar-refractivity contribution is 7.09. The van der Waals surface area contributed by atoms with Crippen LogP contribution < -0.4 is 5.32 Å². The van der Waals surface area contributed by atoms with Crippen molar-refractivity contribution in [3.8, 4) is 0 Å². The Kier molecular flexibility index (Phi) is 5.68. The molecule has 0 saturated carbocycles. The van der Waals surface area contributed by atoms with Gasteiger partial charge in [0.25, 0.3) is 0 Å². The smallest absolute Gasteiger partial charge is 0.129 e. The fraction of sp³-hybridized carbons (Fsp3) is 0.375. The molecular weight excluding hydrogens is 276 g/mol. The SMILES string of the molecule is CNC(CCCc1cccs1)Cc1ccc(F)cc1F. The number of halogens is 2. The Hall–Kier alpha value is -1.26. The van der Waals surface area contributed by atoms with Gasteiger partial charge in [-0.25, -0.2) is 8.78 Å². The molecule has 108 valence electrons. The summed E-state index contributed by atoms with van der Waals surface area (Å²) >= 11 is 1.77. The predicted molar refractivity (Wildman–Crippen MR) is 80.2 cm³/mol. The van der Waals surface area contributed by atoms with Crippen molar-refractivity contribution in [1.29, 1.82) is 0 Å². The first-order valence-corrected chi connectivity index (χ1v) is 7.70. The van der Waals surface area contributed by atoms with Gasteiger partial charge >= 0.3 is 0 Å². The maximum atomic E-state index is 13.6. The van der Waals surface area contributed by atoms with Gasteiger partial charge in [-0.3, -0.25) is 0 Å². The average Bonchev–Trinajstić information content (AvgIpc) is 2.93. The van der Waals surface area contributed by atoms with E-state index in [-0.39, 0.29) is 6.04 Å². The molecular formula is C16H19F2NS. The lowest BCUT2D eigenvalue weighted by atomic mass is 10.0. The molecule has 0 fully saturated rings. The summed E-state index contributed by atoms with van der Waals surface area (Å²) in [6.45, 7) is 0. The van der Waals surface area contributed by atoms with Gasteiger partial charge in [-0.05, 0) is 55.8 Å². The second-order valence-electron chi connectivity index (χ2n) is 4.90. The number of hydrogen-bond acceptors (Lipinski definition) is 2. The molecule has 1 N–H and O–H groups in total. The maximum absolute atomic E-state index is 13.6. The first-order valence-electron chi connectivity index (χ1n) is 6.82. The Labute approximate surface area is 122 Å². The molecule has 1 nitrogen and oxygen atoms in total. The lowest BCUT2D eigenvalue weighted by Gasteiger charge is -2.16. The van der Waals surface area contributed by atoms with Crippen LogP contribution in [0, 0.1) is 11.6 Å². The minimum absolute atomic E-state index is 0.218. The minimum Gasteiger partial charge on any atom is -0.317 e. The Balaban J connectivity index is 1.85. The van der Waals surface area contributed by atoms with E-state index < -0.39 is 11.6 Å². The van der Waals surface area contributed by atoms with E-state index in [4.69, 9.17) is 0 Å². The highest BCUT2D eigenvalue weighted by Gasteiger charge is 2.11. The van der Waals surface area contributed by atoms with E-state index >= 15 is 0 Å². The van der Waals surface area contributed by atoms with Crippen molar-refractivity contribution < 1.29 is 8.78 Å². The van der Waals surface area contributed by atoms with Crippen LogP contribution in [-0.2, 0) is 12.8 Å². The van der Waals surface area contributed by atoms with Crippen molar-refractivity contribution in [1.82, 2.24) is 5.32 Å². The molecule has 0 bridgehead atoms. The molecule has 1 aromatic carbocycles. The Morgan fingerprint density at radius 3 is 2.75 bits per heavy atom. The van der Waals surface area contributed by atoms with Crippen LogP contribution in [0.3, 0.4) is 0 Å². The molecule has 0 amide bonds. The van der Waals surface area contributed by atoms with E-state index in [0.29, 0.717) is 12.0 Å². The van der Waals surface area contributed by atoms with Gasteiger partial charge in [0.1, 0.15) is 11.6 Å². The fourth-order valence-electron chi connectivity index (χ4n) is 2.28. The molecule has 0 radical (unpaired) electrons. The third kappa shape index (κ3) is 4.39. The van der Waals surface area contributed by atoms with Gasteiger partial charge < -0.3 is 5.32 Å². The number of thiophene rings is 1. The van der Waals surface area contributed by atoms with Crippen LogP contribution in [0.1, 0.15) is 23.3 Å². The fourth-order valence-corrected chi connectivity index (χ4v) is 3.03. The minimum atomic E-state index is -0.523. The van der Waals surface area contributed by atoms with Crippen molar-refractivity contribution >= 4 is 11.3 Å². The van der Waals surface area contributed by atoms with Crippen molar-refractivity contribution in [2.45, 2.75) is 31.7 Å². The van der Waals surface area contributed by atoms with E-state index in [1.165, 1.54) is 17.0 Å². The lowest BCUT2D eigenvalue weighted by molar-refractivity contribution is 0.487. The summed E-state index contributed by atoms with van der Waals surface area (Å²) in [5.41, 5.74) is 0.571. The van der Waals surface area contributed by atoms with E-state index in [1.807, 2.05) is 7.05 Å². The Morgan fingerprint density at radius 2 is 2.10 bits per heavy atom. The largest absolute Gasteiger partial charge is 0.317 e. The molecule has 2 aromatic rings. The van der Waals surface area contributed by atoms with Gasteiger partial charge in [0.15, 0.2) is 0 Å². The van der Waals surface area contributed by atoms with Crippen molar-refractivity contribution in [3.63, 3.8) is 0 Å². The molecule has 2 rings (SSSR count). The summed E-state index contributed by atoms with van der Waals surface area (Å²) in [6, 6.07) is 8.22. The molecule has 0 spiro atoms. The molecule has 1 heterocycles. The van der Waals surface area contributed by atoms with Gasteiger partial charge in [0.2, 0.25) is 0 Å². The summed E-state index contributed by atoms with van der Waals surface area (Å²) in [4.78, 5) is 1.38. The highest BCUT2D eigenvalue weighted by atomic mass is 32.1. The third-order valence-electron chi connectivity index (χ3n) is 3.45. The first kappa shape index (κ1) is 15.1. The predicted octanol–water partition coefficient (Wildman–Crippen LogP) is 4.18. The van der Waals surface area contributed by atoms with Crippen LogP contribution in [0.5, 0.6) is 0 Å². The number of aryl methyl sites for hydroxylation is 1. The second-order valence-corrected chi connectivity index (χ2v) is 5.93. The van der Waals surface area contributed by atoms with Gasteiger partial charge in [-0.15, -0.1) is 11.3 Å². The number of likely N-dealkylation sites (N-methyl/N-ethyl adjacent to an activating group) is 1. The van der Waals surface area contributed by atoms with Gasteiger partial charge in [-0.2, -0.15) is 0 Å². The van der Waals surface area contributed by atoms with Gasteiger partial charge in [0.05, 0.1) is 0 Å². The van der Waals surface area contributed by atoms with Crippen LogP contribution in [0.2, 0.25) is 0 Å². The summed E-state index contributed by atoms with van der Waals surface area (Å²) in [5.74, 6) is -0.978. The number of benzene rings is 1. The number of rotatable bonds is 7. The average molecular weight is 295 g/mol. The number of nitrogens with one attached hydrogen (secondary N) is 1. The van der Waals surface area contributed by atoms with Gasteiger partial charge in [0, 0.05) is 17.0 Å². The topological polar surface area (TPSA) is 12.0 Å². The van der Waals surface area contributed by atoms with Crippen molar-refractivity contribution in [2.75, 3.05) is 7.05 Å². The Bertz CT molecular complexity index is 525. The lowest BCUT2D eigenvalue weighted by Crippen LogP contribution is -2.28. The Morgan fingerprint density at radius 1 is 1.25 bits per heavy atom. The van der Waals surface area contributed by atoms with Crippen LogP contribution in [0.25, 0.3) is 0 Å². The van der Waals surface area contributed by atoms with Crippen LogP contribution in [-0.4, -0.2) is 13.1 Å². The zero-order valence-corrected chi connectivity index (χ0v) is 12.4. The molecule has 4 heteroatoms. The van der Waals surface area contributed by atoms with E-state index in [1.54, 1.807) is 11.3 Å². The van der Waals surface area contributed by atoms with Crippen LogP contribution in [0.4, 0.5) is 8.78 Å². The third-order valence-corrected chi connectivity index (χ3v) is 4.38. The van der Waals surface area contributed by atoms with Crippen molar-refractivity contribution in [2.24, 2.45) is 0 Å². The molecule has 0 saturated heterocycles. The summed E-state index contributed by atoms with van der Waals surface area (Å²) in [5, 5.41) is 5.30. The quantitative estimate of drug-likeness (QED) is 0.808. The maximum Gasteiger partial charge on any atom is 0.129 e. The normalized spacial score (nSPS) is 12.6. The molecule has 1 aromatic heterocycles. The summed E-state index contributed by atoms with van der Waals surface area (Å²) < 4.78 is 26.5. The molecule has 1 atom stereocenters.